The fourth-order valence-corrected chi connectivity index (χ4v) is 2.84. The van der Waals surface area contributed by atoms with E-state index in [9.17, 15) is 4.79 Å². The second kappa shape index (κ2) is 5.99. The molecule has 0 unspecified atom stereocenters. The maximum atomic E-state index is 12.0. The minimum absolute atomic E-state index is 0.0255. The number of amides is 1. The third kappa shape index (κ3) is 3.24. The van der Waals surface area contributed by atoms with Crippen LogP contribution in [0.15, 0.2) is 36.7 Å². The highest BCUT2D eigenvalue weighted by atomic mass is 16.2. The van der Waals surface area contributed by atoms with Crippen LogP contribution in [0.2, 0.25) is 0 Å². The lowest BCUT2D eigenvalue weighted by Crippen LogP contribution is -2.35. The number of carbonyl (C=O) groups excluding carboxylic acids is 1. The van der Waals surface area contributed by atoms with Crippen LogP contribution in [0.5, 0.6) is 0 Å². The van der Waals surface area contributed by atoms with Crippen molar-refractivity contribution in [2.75, 3.05) is 5.73 Å². The molecule has 1 aliphatic carbocycles. The molecule has 1 fully saturated rings. The first-order valence-electron chi connectivity index (χ1n) is 7.39. The lowest BCUT2D eigenvalue weighted by atomic mass is 10.1. The Bertz CT molecular complexity index is 629. The Morgan fingerprint density at radius 3 is 2.86 bits per heavy atom. The van der Waals surface area contributed by atoms with Gasteiger partial charge in [-0.3, -0.25) is 9.48 Å². The van der Waals surface area contributed by atoms with Crippen molar-refractivity contribution in [1.82, 2.24) is 15.1 Å². The largest absolute Gasteiger partial charge is 0.398 e. The predicted molar refractivity (Wildman–Crippen MR) is 82.5 cm³/mol. The molecule has 0 radical (unpaired) electrons. The van der Waals surface area contributed by atoms with Crippen LogP contribution in [0.25, 0.3) is 11.1 Å². The summed E-state index contributed by atoms with van der Waals surface area (Å²) in [6, 6.07) is 8.00. The zero-order valence-corrected chi connectivity index (χ0v) is 12.0. The van der Waals surface area contributed by atoms with E-state index < -0.39 is 0 Å². The minimum atomic E-state index is 0.0255. The number of para-hydroxylation sites is 1. The molecule has 0 aliphatic heterocycles. The summed E-state index contributed by atoms with van der Waals surface area (Å²) in [7, 11) is 0. The van der Waals surface area contributed by atoms with Gasteiger partial charge < -0.3 is 11.1 Å². The fraction of sp³-hybridized carbons (Fsp3) is 0.375. The summed E-state index contributed by atoms with van der Waals surface area (Å²) in [4.78, 5) is 12.0. The standard InChI is InChI=1S/C16H20N4O/c17-15-8-4-3-7-14(15)12-9-18-20(10-12)11-16(21)19-13-5-1-2-6-13/h3-4,7-10,13H,1-2,5-6,11,17H2,(H,19,21). The topological polar surface area (TPSA) is 72.9 Å². The molecule has 5 nitrogen and oxygen atoms in total. The van der Waals surface area contributed by atoms with Gasteiger partial charge in [0.15, 0.2) is 0 Å². The van der Waals surface area contributed by atoms with Crippen molar-refractivity contribution in [3.63, 3.8) is 0 Å². The van der Waals surface area contributed by atoms with Crippen LogP contribution in [0.3, 0.4) is 0 Å². The van der Waals surface area contributed by atoms with Gasteiger partial charge in [0.1, 0.15) is 6.54 Å². The number of aromatic nitrogens is 2. The molecule has 110 valence electrons. The highest BCUT2D eigenvalue weighted by Crippen LogP contribution is 2.24. The van der Waals surface area contributed by atoms with Gasteiger partial charge >= 0.3 is 0 Å². The van der Waals surface area contributed by atoms with Crippen LogP contribution >= 0.6 is 0 Å². The second-order valence-electron chi connectivity index (χ2n) is 5.56. The molecule has 0 spiro atoms. The van der Waals surface area contributed by atoms with Crippen LogP contribution in [-0.2, 0) is 11.3 Å². The number of nitrogens with zero attached hydrogens (tertiary/aromatic N) is 2. The van der Waals surface area contributed by atoms with Crippen molar-refractivity contribution in [1.29, 1.82) is 0 Å². The molecule has 1 heterocycles. The van der Waals surface area contributed by atoms with Gasteiger partial charge in [0, 0.05) is 29.1 Å². The van der Waals surface area contributed by atoms with E-state index in [2.05, 4.69) is 10.4 Å². The molecule has 0 saturated heterocycles. The quantitative estimate of drug-likeness (QED) is 0.845. The van der Waals surface area contributed by atoms with Gasteiger partial charge in [0.25, 0.3) is 0 Å². The Labute approximate surface area is 124 Å². The first kappa shape index (κ1) is 13.7. The summed E-state index contributed by atoms with van der Waals surface area (Å²) < 4.78 is 1.66. The van der Waals surface area contributed by atoms with Crippen LogP contribution < -0.4 is 11.1 Å². The predicted octanol–water partition coefficient (Wildman–Crippen LogP) is 2.19. The van der Waals surface area contributed by atoms with Crippen molar-refractivity contribution in [3.05, 3.63) is 36.7 Å². The number of hydrogen-bond acceptors (Lipinski definition) is 3. The van der Waals surface area contributed by atoms with Crippen LogP contribution in [0.4, 0.5) is 5.69 Å². The molecule has 2 aromatic rings. The zero-order valence-electron chi connectivity index (χ0n) is 12.0. The summed E-state index contributed by atoms with van der Waals surface area (Å²) in [6.07, 6.45) is 8.22. The smallest absolute Gasteiger partial charge is 0.241 e. The summed E-state index contributed by atoms with van der Waals surface area (Å²) in [5, 5.41) is 7.31. The van der Waals surface area contributed by atoms with Gasteiger partial charge in [-0.2, -0.15) is 5.10 Å². The Morgan fingerprint density at radius 2 is 2.10 bits per heavy atom. The first-order valence-corrected chi connectivity index (χ1v) is 7.39. The lowest BCUT2D eigenvalue weighted by molar-refractivity contribution is -0.122. The van der Waals surface area contributed by atoms with Crippen LogP contribution in [0, 0.1) is 0 Å². The third-order valence-corrected chi connectivity index (χ3v) is 3.93. The Hall–Kier alpha value is -2.30. The molecule has 1 aromatic carbocycles. The fourth-order valence-electron chi connectivity index (χ4n) is 2.84. The highest BCUT2D eigenvalue weighted by molar-refractivity contribution is 5.77. The molecule has 0 bridgehead atoms. The molecular formula is C16H20N4O. The molecule has 0 atom stereocenters. The summed E-state index contributed by atoms with van der Waals surface area (Å²) >= 11 is 0. The maximum Gasteiger partial charge on any atom is 0.241 e. The average Bonchev–Trinajstić information content (AvgIpc) is 3.11. The van der Waals surface area contributed by atoms with E-state index >= 15 is 0 Å². The monoisotopic (exact) mass is 284 g/mol. The van der Waals surface area contributed by atoms with Gasteiger partial charge in [0.2, 0.25) is 5.91 Å². The molecule has 1 aromatic heterocycles. The number of hydrogen-bond donors (Lipinski definition) is 2. The van der Waals surface area contributed by atoms with Crippen LogP contribution in [-0.4, -0.2) is 21.7 Å². The van der Waals surface area contributed by atoms with Gasteiger partial charge in [-0.1, -0.05) is 31.0 Å². The Kier molecular flexibility index (Phi) is 3.90. The molecule has 3 N–H and O–H groups in total. The number of carbonyl (C=O) groups is 1. The Balaban J connectivity index is 1.65. The Morgan fingerprint density at radius 1 is 1.33 bits per heavy atom. The molecular weight excluding hydrogens is 264 g/mol. The minimum Gasteiger partial charge on any atom is -0.398 e. The molecule has 1 saturated carbocycles. The number of nitrogens with one attached hydrogen (secondary N) is 1. The van der Waals surface area contributed by atoms with E-state index in [4.69, 9.17) is 5.73 Å². The van der Waals surface area contributed by atoms with Crippen molar-refractivity contribution in [2.24, 2.45) is 0 Å². The van der Waals surface area contributed by atoms with Crippen molar-refractivity contribution >= 4 is 11.6 Å². The van der Waals surface area contributed by atoms with E-state index in [0.717, 1.165) is 24.0 Å². The number of nitrogen functional groups attached to an aromatic ring is 1. The number of anilines is 1. The lowest BCUT2D eigenvalue weighted by Gasteiger charge is -2.11. The summed E-state index contributed by atoms with van der Waals surface area (Å²) in [5.41, 5.74) is 8.55. The summed E-state index contributed by atoms with van der Waals surface area (Å²) in [5.74, 6) is 0.0255. The first-order chi connectivity index (χ1) is 10.2. The average molecular weight is 284 g/mol. The van der Waals surface area contributed by atoms with Crippen LogP contribution in [0.1, 0.15) is 25.7 Å². The number of benzene rings is 1. The SMILES string of the molecule is Nc1ccccc1-c1cnn(CC(=O)NC2CCCC2)c1. The zero-order chi connectivity index (χ0) is 14.7. The third-order valence-electron chi connectivity index (χ3n) is 3.93. The van der Waals surface area contributed by atoms with Crippen molar-refractivity contribution in [2.45, 2.75) is 38.3 Å². The second-order valence-corrected chi connectivity index (χ2v) is 5.56. The molecule has 1 aliphatic rings. The molecule has 21 heavy (non-hydrogen) atoms. The van der Waals surface area contributed by atoms with Gasteiger partial charge in [0.05, 0.1) is 6.20 Å². The van der Waals surface area contributed by atoms with E-state index in [1.165, 1.54) is 12.8 Å². The van der Waals surface area contributed by atoms with Gasteiger partial charge in [-0.05, 0) is 18.9 Å². The molecule has 3 rings (SSSR count). The van der Waals surface area contributed by atoms with E-state index in [0.29, 0.717) is 11.7 Å². The highest BCUT2D eigenvalue weighted by Gasteiger charge is 2.17. The molecule has 1 amide bonds. The van der Waals surface area contributed by atoms with Crippen molar-refractivity contribution < 1.29 is 4.79 Å². The number of nitrogens with two attached hydrogens (primary N) is 1. The van der Waals surface area contributed by atoms with E-state index in [1.807, 2.05) is 30.5 Å². The normalized spacial score (nSPS) is 15.2. The van der Waals surface area contributed by atoms with E-state index in [-0.39, 0.29) is 12.5 Å². The van der Waals surface area contributed by atoms with E-state index in [1.54, 1.807) is 10.9 Å². The maximum absolute atomic E-state index is 12.0. The van der Waals surface area contributed by atoms with Crippen molar-refractivity contribution in [3.8, 4) is 11.1 Å². The number of rotatable bonds is 4. The van der Waals surface area contributed by atoms with Gasteiger partial charge in [-0.15, -0.1) is 0 Å². The summed E-state index contributed by atoms with van der Waals surface area (Å²) in [6.45, 7) is 0.253. The molecule has 5 heteroatoms. The van der Waals surface area contributed by atoms with Gasteiger partial charge in [-0.25, -0.2) is 0 Å².